The van der Waals surface area contributed by atoms with E-state index in [-0.39, 0.29) is 0 Å². The van der Waals surface area contributed by atoms with E-state index in [4.69, 9.17) is 0 Å². The maximum atomic E-state index is 9.58. The minimum Gasteiger partial charge on any atom is -0.761 e. The predicted octanol–water partition coefficient (Wildman–Crippen LogP) is 1.93. The van der Waals surface area contributed by atoms with Crippen molar-refractivity contribution >= 4 is 22.6 Å². The van der Waals surface area contributed by atoms with Crippen LogP contribution >= 0.6 is 22.6 Å². The van der Waals surface area contributed by atoms with Gasteiger partial charge in [0.05, 0.1) is 0 Å². The van der Waals surface area contributed by atoms with E-state index >= 15 is 0 Å². The molecule has 0 saturated carbocycles. The molecule has 1 N–H and O–H groups in total. The minimum atomic E-state index is 1.06. The van der Waals surface area contributed by atoms with E-state index in [0.29, 0.717) is 0 Å². The SMILES string of the molecule is CC(/C=C\N[O-])=C/I. The second kappa shape index (κ2) is 5.11. The molecule has 0 fully saturated rings. The zero-order valence-electron chi connectivity index (χ0n) is 4.52. The van der Waals surface area contributed by atoms with Crippen molar-refractivity contribution in [2.45, 2.75) is 6.92 Å². The van der Waals surface area contributed by atoms with Crippen LogP contribution in [0.3, 0.4) is 0 Å². The van der Waals surface area contributed by atoms with E-state index in [2.05, 4.69) is 22.6 Å². The highest BCUT2D eigenvalue weighted by atomic mass is 127. The van der Waals surface area contributed by atoms with Crippen LogP contribution in [0.2, 0.25) is 0 Å². The highest BCUT2D eigenvalue weighted by Gasteiger charge is 1.71. The van der Waals surface area contributed by atoms with Crippen molar-refractivity contribution in [1.29, 1.82) is 0 Å². The highest BCUT2D eigenvalue weighted by Crippen LogP contribution is 1.97. The van der Waals surface area contributed by atoms with Gasteiger partial charge in [0.25, 0.3) is 0 Å². The Balaban J connectivity index is 3.53. The van der Waals surface area contributed by atoms with Gasteiger partial charge in [-0.1, -0.05) is 22.6 Å². The molecule has 0 unspecified atom stereocenters. The van der Waals surface area contributed by atoms with Gasteiger partial charge in [-0.25, -0.2) is 0 Å². The molecule has 0 radical (unpaired) electrons. The molecule has 2 nitrogen and oxygen atoms in total. The topological polar surface area (TPSA) is 35.1 Å². The van der Waals surface area contributed by atoms with Crippen molar-refractivity contribution in [3.63, 3.8) is 0 Å². The van der Waals surface area contributed by atoms with Gasteiger partial charge < -0.3 is 10.7 Å². The van der Waals surface area contributed by atoms with E-state index in [0.717, 1.165) is 5.57 Å². The third kappa shape index (κ3) is 4.14. The van der Waals surface area contributed by atoms with Crippen molar-refractivity contribution in [2.75, 3.05) is 0 Å². The van der Waals surface area contributed by atoms with Crippen molar-refractivity contribution in [2.24, 2.45) is 0 Å². The van der Waals surface area contributed by atoms with Gasteiger partial charge in [-0.2, -0.15) is 0 Å². The van der Waals surface area contributed by atoms with Gasteiger partial charge in [-0.3, -0.25) is 0 Å². The number of rotatable bonds is 2. The molecule has 0 rings (SSSR count). The monoisotopic (exact) mass is 224 g/mol. The van der Waals surface area contributed by atoms with Gasteiger partial charge in [0.15, 0.2) is 0 Å². The summed E-state index contributed by atoms with van der Waals surface area (Å²) in [6.45, 7) is 1.92. The second-order valence-corrected chi connectivity index (χ2v) is 1.93. The van der Waals surface area contributed by atoms with E-state index in [1.54, 1.807) is 11.6 Å². The number of hydroxylamine groups is 1. The molecule has 46 valence electrons. The normalized spacial score (nSPS) is 12.6. The smallest absolute Gasteiger partial charge is 0.0141 e. The Hall–Kier alpha value is -0.0300. The molecule has 0 atom stereocenters. The molecule has 0 amide bonds. The highest BCUT2D eigenvalue weighted by molar-refractivity contribution is 14.1. The van der Waals surface area contributed by atoms with Gasteiger partial charge in [0, 0.05) is 0 Å². The number of hydrogen-bond donors (Lipinski definition) is 1. The van der Waals surface area contributed by atoms with Crippen LogP contribution in [0.4, 0.5) is 0 Å². The zero-order chi connectivity index (χ0) is 6.41. The van der Waals surface area contributed by atoms with Crippen molar-refractivity contribution in [3.05, 3.63) is 27.1 Å². The molecule has 0 bridgehead atoms. The lowest BCUT2D eigenvalue weighted by molar-refractivity contribution is 1.21. The summed E-state index contributed by atoms with van der Waals surface area (Å²) in [6.07, 6.45) is 3.06. The summed E-state index contributed by atoms with van der Waals surface area (Å²) in [5.74, 6) is 0. The molecular formula is C5H7INO-. The molecule has 0 aliphatic rings. The number of allylic oxidation sites excluding steroid dienone is 2. The van der Waals surface area contributed by atoms with Crippen LogP contribution in [-0.2, 0) is 0 Å². The van der Waals surface area contributed by atoms with Gasteiger partial charge in [-0.05, 0) is 28.9 Å². The summed E-state index contributed by atoms with van der Waals surface area (Å²) in [5.41, 5.74) is 2.72. The van der Waals surface area contributed by atoms with Gasteiger partial charge in [0.2, 0.25) is 0 Å². The van der Waals surface area contributed by atoms with E-state index in [9.17, 15) is 5.21 Å². The average Bonchev–Trinajstić information content (AvgIpc) is 1.83. The van der Waals surface area contributed by atoms with Crippen LogP contribution in [0, 0.1) is 5.21 Å². The van der Waals surface area contributed by atoms with E-state index < -0.39 is 0 Å². The first-order chi connectivity index (χ1) is 3.81. The Kier molecular flexibility index (Phi) is 5.09. The van der Waals surface area contributed by atoms with Crippen molar-refractivity contribution in [1.82, 2.24) is 5.48 Å². The number of halogens is 1. The van der Waals surface area contributed by atoms with Crippen LogP contribution in [0.25, 0.3) is 0 Å². The second-order valence-electron chi connectivity index (χ2n) is 1.30. The fourth-order valence-corrected chi connectivity index (χ4v) is 0.409. The lowest BCUT2D eigenvalue weighted by atomic mass is 10.3. The molecule has 0 aromatic rings. The van der Waals surface area contributed by atoms with Crippen LogP contribution in [0.1, 0.15) is 6.92 Å². The molecule has 0 spiro atoms. The third-order valence-electron chi connectivity index (χ3n) is 0.586. The van der Waals surface area contributed by atoms with Gasteiger partial charge >= 0.3 is 0 Å². The van der Waals surface area contributed by atoms with Crippen LogP contribution < -0.4 is 5.48 Å². The predicted molar refractivity (Wildman–Crippen MR) is 43.4 cm³/mol. The van der Waals surface area contributed by atoms with E-state index in [1.165, 1.54) is 6.20 Å². The summed E-state index contributed by atoms with van der Waals surface area (Å²) in [5, 5.41) is 9.58. The first-order valence-corrected chi connectivity index (χ1v) is 3.37. The first-order valence-electron chi connectivity index (χ1n) is 2.12. The summed E-state index contributed by atoms with van der Waals surface area (Å²) >= 11 is 2.11. The maximum absolute atomic E-state index is 9.58. The minimum absolute atomic E-state index is 1.06. The summed E-state index contributed by atoms with van der Waals surface area (Å²) in [7, 11) is 0. The summed E-state index contributed by atoms with van der Waals surface area (Å²) < 4.78 is 1.89. The fourth-order valence-electron chi connectivity index (χ4n) is 0.202. The number of nitrogens with one attached hydrogen (secondary N) is 1. The summed E-state index contributed by atoms with van der Waals surface area (Å²) in [6, 6.07) is 0. The van der Waals surface area contributed by atoms with E-state index in [1.807, 2.05) is 11.0 Å². The largest absolute Gasteiger partial charge is 0.761 e. The van der Waals surface area contributed by atoms with Crippen LogP contribution in [0.15, 0.2) is 21.9 Å². The first kappa shape index (κ1) is 7.97. The molecule has 3 heteroatoms. The molecule has 0 heterocycles. The van der Waals surface area contributed by atoms with Gasteiger partial charge in [0.1, 0.15) is 0 Å². The maximum Gasteiger partial charge on any atom is -0.0141 e. The standard InChI is InChI=1S/C5H7INO/c1-5(4-6)2-3-7-8/h2-4,7H,1H3/q-1/b3-2-,5-4-. The Labute approximate surface area is 62.4 Å². The number of hydrogen-bond acceptors (Lipinski definition) is 2. The third-order valence-corrected chi connectivity index (χ3v) is 1.57. The van der Waals surface area contributed by atoms with Gasteiger partial charge in [-0.15, -0.1) is 0 Å². The Morgan fingerprint density at radius 2 is 2.38 bits per heavy atom. The Morgan fingerprint density at radius 3 is 2.75 bits per heavy atom. The molecule has 0 aromatic carbocycles. The zero-order valence-corrected chi connectivity index (χ0v) is 6.68. The van der Waals surface area contributed by atoms with Crippen molar-refractivity contribution in [3.8, 4) is 0 Å². The molecule has 0 aromatic heterocycles. The molecule has 8 heavy (non-hydrogen) atoms. The summed E-state index contributed by atoms with van der Waals surface area (Å²) in [4.78, 5) is 0. The van der Waals surface area contributed by atoms with Crippen molar-refractivity contribution < 1.29 is 0 Å². The van der Waals surface area contributed by atoms with Crippen LogP contribution in [0.5, 0.6) is 0 Å². The average molecular weight is 224 g/mol. The molecular weight excluding hydrogens is 217 g/mol. The Morgan fingerprint density at radius 1 is 1.75 bits per heavy atom. The van der Waals surface area contributed by atoms with Crippen LogP contribution in [-0.4, -0.2) is 0 Å². The lowest BCUT2D eigenvalue weighted by Gasteiger charge is -1.98. The lowest BCUT2D eigenvalue weighted by Crippen LogP contribution is -1.86. The molecule has 0 aliphatic heterocycles. The fraction of sp³-hybridized carbons (Fsp3) is 0.200. The molecule has 0 saturated heterocycles. The molecule has 0 aliphatic carbocycles. The quantitative estimate of drug-likeness (QED) is 0.441. The Bertz CT molecular complexity index is 109.